The van der Waals surface area contributed by atoms with E-state index in [9.17, 15) is 4.79 Å². The summed E-state index contributed by atoms with van der Waals surface area (Å²) >= 11 is 12.0. The molecule has 0 aliphatic carbocycles. The molecule has 3 rings (SSSR count). The second kappa shape index (κ2) is 11.5. The van der Waals surface area contributed by atoms with E-state index in [-0.39, 0.29) is 12.1 Å². The van der Waals surface area contributed by atoms with Gasteiger partial charge in [0, 0.05) is 20.1 Å². The summed E-state index contributed by atoms with van der Waals surface area (Å²) in [5.74, 6) is 0.0687. The Balaban J connectivity index is 0.000000878. The molecule has 2 aromatic carbocycles. The maximum absolute atomic E-state index is 12.9. The number of likely N-dealkylation sites (N-methyl/N-ethyl adjacent to an activating group) is 1. The fraction of sp³-hybridized carbons (Fsp3) is 0.435. The Morgan fingerprint density at radius 3 is 2.21 bits per heavy atom. The molecule has 1 atom stereocenters. The first kappa shape index (κ1) is 22.7. The van der Waals surface area contributed by atoms with Crippen LogP contribution in [0.5, 0.6) is 0 Å². The van der Waals surface area contributed by atoms with Gasteiger partial charge in [-0.2, -0.15) is 0 Å². The summed E-state index contributed by atoms with van der Waals surface area (Å²) in [5.41, 5.74) is 2.02. The molecule has 152 valence electrons. The fourth-order valence-corrected chi connectivity index (χ4v) is 3.70. The Hall–Kier alpha value is -1.55. The van der Waals surface area contributed by atoms with E-state index in [0.29, 0.717) is 16.5 Å². The van der Waals surface area contributed by atoms with E-state index in [1.165, 1.54) is 19.3 Å². The number of rotatable bonds is 5. The minimum atomic E-state index is -0.0287. The summed E-state index contributed by atoms with van der Waals surface area (Å²) in [4.78, 5) is 17.1. The molecule has 3 nitrogen and oxygen atoms in total. The van der Waals surface area contributed by atoms with Crippen LogP contribution in [0.25, 0.3) is 0 Å². The summed E-state index contributed by atoms with van der Waals surface area (Å²) in [5, 5.41) is 0.985. The van der Waals surface area contributed by atoms with Crippen LogP contribution >= 0.6 is 23.2 Å². The molecule has 1 amide bonds. The molecule has 2 aromatic rings. The molecule has 1 saturated heterocycles. The topological polar surface area (TPSA) is 23.6 Å². The van der Waals surface area contributed by atoms with Crippen LogP contribution in [0.1, 0.15) is 50.4 Å². The van der Waals surface area contributed by atoms with Crippen molar-refractivity contribution >= 4 is 29.1 Å². The van der Waals surface area contributed by atoms with Gasteiger partial charge in [0.15, 0.2) is 0 Å². The molecule has 0 unspecified atom stereocenters. The molecule has 1 fully saturated rings. The number of benzene rings is 2. The third-order valence-corrected chi connectivity index (χ3v) is 5.42. The van der Waals surface area contributed by atoms with Crippen molar-refractivity contribution in [1.29, 1.82) is 0 Å². The molecule has 1 aliphatic heterocycles. The van der Waals surface area contributed by atoms with Gasteiger partial charge in [-0.3, -0.25) is 9.69 Å². The van der Waals surface area contributed by atoms with Crippen LogP contribution in [0, 0.1) is 0 Å². The van der Waals surface area contributed by atoms with Crippen molar-refractivity contribution < 1.29 is 4.79 Å². The average Bonchev–Trinajstić information content (AvgIpc) is 3.20. The highest BCUT2D eigenvalue weighted by atomic mass is 35.5. The lowest BCUT2D eigenvalue weighted by molar-refractivity contribution is -0.135. The van der Waals surface area contributed by atoms with Crippen molar-refractivity contribution in [2.45, 2.75) is 45.7 Å². The van der Waals surface area contributed by atoms with E-state index in [1.54, 1.807) is 12.1 Å². The first-order valence-electron chi connectivity index (χ1n) is 9.96. The van der Waals surface area contributed by atoms with Crippen molar-refractivity contribution in [3.63, 3.8) is 0 Å². The zero-order chi connectivity index (χ0) is 20.5. The zero-order valence-electron chi connectivity index (χ0n) is 17.0. The number of amides is 1. The lowest BCUT2D eigenvalue weighted by Crippen LogP contribution is -2.42. The Morgan fingerprint density at radius 2 is 1.64 bits per heavy atom. The SMILES string of the molecule is CCC.CN(C(=O)Cc1ccc(Cl)c(Cl)c1)[C@@H](c1ccccc1)N1CCCC1. The second-order valence-electron chi connectivity index (χ2n) is 7.16. The van der Waals surface area contributed by atoms with Gasteiger partial charge >= 0.3 is 0 Å². The number of nitrogens with zero attached hydrogens (tertiary/aromatic N) is 2. The van der Waals surface area contributed by atoms with Crippen molar-refractivity contribution in [1.82, 2.24) is 9.80 Å². The van der Waals surface area contributed by atoms with Crippen molar-refractivity contribution in [2.24, 2.45) is 0 Å². The van der Waals surface area contributed by atoms with Crippen molar-refractivity contribution in [3.8, 4) is 0 Å². The lowest BCUT2D eigenvalue weighted by Gasteiger charge is -2.36. The summed E-state index contributed by atoms with van der Waals surface area (Å²) in [6, 6.07) is 15.6. The first-order chi connectivity index (χ1) is 13.5. The number of likely N-dealkylation sites (tertiary alicyclic amines) is 1. The highest BCUT2D eigenvalue weighted by molar-refractivity contribution is 6.42. The summed E-state index contributed by atoms with van der Waals surface area (Å²) in [6.07, 6.45) is 3.89. The summed E-state index contributed by atoms with van der Waals surface area (Å²) < 4.78 is 0. The highest BCUT2D eigenvalue weighted by Gasteiger charge is 2.29. The van der Waals surface area contributed by atoms with Crippen LogP contribution in [0.15, 0.2) is 48.5 Å². The fourth-order valence-electron chi connectivity index (χ4n) is 3.38. The molecule has 0 saturated carbocycles. The third kappa shape index (κ3) is 6.23. The van der Waals surface area contributed by atoms with Crippen LogP contribution in [-0.2, 0) is 11.2 Å². The molecule has 0 aromatic heterocycles. The number of halogens is 2. The van der Waals surface area contributed by atoms with E-state index >= 15 is 0 Å². The maximum atomic E-state index is 12.9. The maximum Gasteiger partial charge on any atom is 0.228 e. The van der Waals surface area contributed by atoms with Crippen LogP contribution in [0.2, 0.25) is 10.0 Å². The molecule has 28 heavy (non-hydrogen) atoms. The van der Waals surface area contributed by atoms with E-state index in [4.69, 9.17) is 23.2 Å². The molecule has 0 spiro atoms. The Kier molecular flexibility index (Phi) is 9.30. The van der Waals surface area contributed by atoms with Crippen molar-refractivity contribution in [2.75, 3.05) is 20.1 Å². The lowest BCUT2D eigenvalue weighted by atomic mass is 10.1. The van der Waals surface area contributed by atoms with Crippen LogP contribution in [-0.4, -0.2) is 35.8 Å². The van der Waals surface area contributed by atoms with Crippen molar-refractivity contribution in [3.05, 3.63) is 69.7 Å². The molecule has 5 heteroatoms. The largest absolute Gasteiger partial charge is 0.325 e. The number of hydrogen-bond donors (Lipinski definition) is 0. The van der Waals surface area contributed by atoms with Gasteiger partial charge in [-0.1, -0.05) is 79.9 Å². The monoisotopic (exact) mass is 420 g/mol. The molecule has 0 radical (unpaired) electrons. The van der Waals surface area contributed by atoms with Gasteiger partial charge in [-0.05, 0) is 36.1 Å². The number of carbonyl (C=O) groups is 1. The zero-order valence-corrected chi connectivity index (χ0v) is 18.5. The average molecular weight is 421 g/mol. The summed E-state index contributed by atoms with van der Waals surface area (Å²) in [7, 11) is 1.88. The van der Waals surface area contributed by atoms with E-state index in [0.717, 1.165) is 24.2 Å². The molecular weight excluding hydrogens is 391 g/mol. The predicted octanol–water partition coefficient (Wildman–Crippen LogP) is 6.21. The quantitative estimate of drug-likeness (QED) is 0.574. The molecule has 1 heterocycles. The van der Waals surface area contributed by atoms with Gasteiger partial charge < -0.3 is 4.90 Å². The molecular formula is C23H30Cl2N2O. The van der Waals surface area contributed by atoms with Crippen LogP contribution in [0.4, 0.5) is 0 Å². The van der Waals surface area contributed by atoms with E-state index in [2.05, 4.69) is 30.9 Å². The standard InChI is InChI=1S/C20H22Cl2N2O.C3H8/c1-23(19(25)14-15-9-10-17(21)18(22)13-15)20(24-11-5-6-12-24)16-7-3-2-4-8-16;1-3-2/h2-4,7-10,13,20H,5-6,11-12,14H2,1H3;3H2,1-2H3/t20-;/m1./s1. The van der Waals surface area contributed by atoms with Gasteiger partial charge in [-0.25, -0.2) is 0 Å². The normalized spacial score (nSPS) is 14.9. The van der Waals surface area contributed by atoms with E-state index in [1.807, 2.05) is 36.2 Å². The molecule has 0 N–H and O–H groups in total. The van der Waals surface area contributed by atoms with E-state index < -0.39 is 0 Å². The minimum Gasteiger partial charge on any atom is -0.325 e. The smallest absolute Gasteiger partial charge is 0.228 e. The predicted molar refractivity (Wildman–Crippen MR) is 119 cm³/mol. The highest BCUT2D eigenvalue weighted by Crippen LogP contribution is 2.29. The third-order valence-electron chi connectivity index (χ3n) is 4.68. The minimum absolute atomic E-state index is 0.0287. The summed E-state index contributed by atoms with van der Waals surface area (Å²) in [6.45, 7) is 6.29. The molecule has 0 bridgehead atoms. The van der Waals surface area contributed by atoms with Gasteiger partial charge in [0.1, 0.15) is 6.17 Å². The Labute approximate surface area is 179 Å². The van der Waals surface area contributed by atoms with Gasteiger partial charge in [0.05, 0.1) is 16.5 Å². The number of hydrogen-bond acceptors (Lipinski definition) is 2. The number of carbonyl (C=O) groups excluding carboxylic acids is 1. The Morgan fingerprint density at radius 1 is 1.04 bits per heavy atom. The van der Waals surface area contributed by atoms with Crippen LogP contribution < -0.4 is 0 Å². The van der Waals surface area contributed by atoms with Gasteiger partial charge in [0.25, 0.3) is 0 Å². The molecule has 1 aliphatic rings. The van der Waals surface area contributed by atoms with Gasteiger partial charge in [-0.15, -0.1) is 0 Å². The second-order valence-corrected chi connectivity index (χ2v) is 7.98. The first-order valence-corrected chi connectivity index (χ1v) is 10.7. The van der Waals surface area contributed by atoms with Crippen LogP contribution in [0.3, 0.4) is 0 Å². The Bertz CT molecular complexity index is 746. The van der Waals surface area contributed by atoms with Gasteiger partial charge in [0.2, 0.25) is 5.91 Å².